The van der Waals surface area contributed by atoms with Crippen LogP contribution in [0.4, 0.5) is 5.82 Å². The van der Waals surface area contributed by atoms with E-state index in [0.717, 1.165) is 13.0 Å². The molecule has 1 atom stereocenters. The number of nitrogens with one attached hydrogen (secondary N) is 1. The highest BCUT2D eigenvalue weighted by molar-refractivity contribution is 5.97. The SMILES string of the molecule is COC(OC)C1CCNc2c(C(N)=O)cnn21. The molecular formula is C10H16N4O3. The molecule has 1 aromatic rings. The van der Waals surface area contributed by atoms with E-state index in [0.29, 0.717) is 11.4 Å². The van der Waals surface area contributed by atoms with E-state index in [1.807, 2.05) is 0 Å². The predicted molar refractivity (Wildman–Crippen MR) is 60.7 cm³/mol. The van der Waals surface area contributed by atoms with Crippen molar-refractivity contribution < 1.29 is 14.3 Å². The molecule has 0 spiro atoms. The van der Waals surface area contributed by atoms with E-state index >= 15 is 0 Å². The molecular weight excluding hydrogens is 224 g/mol. The average Bonchev–Trinajstić information content (AvgIpc) is 2.75. The number of hydrogen-bond donors (Lipinski definition) is 2. The van der Waals surface area contributed by atoms with E-state index in [9.17, 15) is 4.79 Å². The van der Waals surface area contributed by atoms with Gasteiger partial charge in [-0.2, -0.15) is 5.10 Å². The Hall–Kier alpha value is -1.60. The Kier molecular flexibility index (Phi) is 3.30. The van der Waals surface area contributed by atoms with Gasteiger partial charge in [-0.15, -0.1) is 0 Å². The van der Waals surface area contributed by atoms with Gasteiger partial charge < -0.3 is 20.5 Å². The lowest BCUT2D eigenvalue weighted by Crippen LogP contribution is -2.34. The van der Waals surface area contributed by atoms with E-state index in [1.165, 1.54) is 6.20 Å². The monoisotopic (exact) mass is 240 g/mol. The summed E-state index contributed by atoms with van der Waals surface area (Å²) < 4.78 is 12.2. The van der Waals surface area contributed by atoms with E-state index in [2.05, 4.69) is 10.4 Å². The standard InChI is InChI=1S/C10H16N4O3/c1-16-10(17-2)7-3-4-12-9-6(8(11)15)5-13-14(7)9/h5,7,10,12H,3-4H2,1-2H3,(H2,11,15). The average molecular weight is 240 g/mol. The van der Waals surface area contributed by atoms with Crippen molar-refractivity contribution in [2.45, 2.75) is 18.8 Å². The molecule has 0 radical (unpaired) electrons. The number of carbonyl (C=O) groups excluding carboxylic acids is 1. The number of anilines is 1. The van der Waals surface area contributed by atoms with Gasteiger partial charge in [0.1, 0.15) is 17.4 Å². The van der Waals surface area contributed by atoms with Crippen molar-refractivity contribution in [3.8, 4) is 0 Å². The zero-order chi connectivity index (χ0) is 12.4. The highest BCUT2D eigenvalue weighted by Crippen LogP contribution is 2.29. The zero-order valence-corrected chi connectivity index (χ0v) is 9.84. The van der Waals surface area contributed by atoms with Crippen LogP contribution in [-0.4, -0.2) is 42.7 Å². The molecule has 7 heteroatoms. The fourth-order valence-electron chi connectivity index (χ4n) is 2.09. The van der Waals surface area contributed by atoms with Crippen molar-refractivity contribution in [1.82, 2.24) is 9.78 Å². The van der Waals surface area contributed by atoms with Crippen LogP contribution < -0.4 is 11.1 Å². The van der Waals surface area contributed by atoms with Crippen LogP contribution in [0.25, 0.3) is 0 Å². The van der Waals surface area contributed by atoms with Gasteiger partial charge in [-0.1, -0.05) is 0 Å². The molecule has 1 aliphatic heterocycles. The van der Waals surface area contributed by atoms with Gasteiger partial charge in [0.25, 0.3) is 5.91 Å². The maximum atomic E-state index is 11.2. The topological polar surface area (TPSA) is 91.4 Å². The molecule has 17 heavy (non-hydrogen) atoms. The largest absolute Gasteiger partial charge is 0.370 e. The molecule has 0 fully saturated rings. The van der Waals surface area contributed by atoms with Gasteiger partial charge in [0.15, 0.2) is 6.29 Å². The molecule has 1 aromatic heterocycles. The summed E-state index contributed by atoms with van der Waals surface area (Å²) in [4.78, 5) is 11.2. The van der Waals surface area contributed by atoms with Crippen molar-refractivity contribution in [3.05, 3.63) is 11.8 Å². The number of fused-ring (bicyclic) bond motifs is 1. The molecule has 0 bridgehead atoms. The molecule has 0 saturated carbocycles. The van der Waals surface area contributed by atoms with E-state index in [-0.39, 0.29) is 6.04 Å². The number of rotatable bonds is 4. The summed E-state index contributed by atoms with van der Waals surface area (Å²) in [6.45, 7) is 0.722. The normalized spacial score (nSPS) is 18.9. The second-order valence-electron chi connectivity index (χ2n) is 3.84. The van der Waals surface area contributed by atoms with Gasteiger partial charge in [0, 0.05) is 20.8 Å². The van der Waals surface area contributed by atoms with E-state index in [4.69, 9.17) is 15.2 Å². The molecule has 94 valence electrons. The molecule has 1 aliphatic rings. The number of aromatic nitrogens is 2. The fourth-order valence-corrected chi connectivity index (χ4v) is 2.09. The lowest BCUT2D eigenvalue weighted by Gasteiger charge is -2.30. The van der Waals surface area contributed by atoms with Gasteiger partial charge in [-0.3, -0.25) is 4.79 Å². The Morgan fingerprint density at radius 2 is 2.35 bits per heavy atom. The molecule has 1 unspecified atom stereocenters. The number of primary amides is 1. The number of ether oxygens (including phenoxy) is 2. The highest BCUT2D eigenvalue weighted by atomic mass is 16.7. The maximum absolute atomic E-state index is 11.2. The summed E-state index contributed by atoms with van der Waals surface area (Å²) in [5.41, 5.74) is 5.66. The second kappa shape index (κ2) is 4.72. The minimum atomic E-state index is -0.495. The Balaban J connectivity index is 2.35. The van der Waals surface area contributed by atoms with Crippen molar-refractivity contribution in [3.63, 3.8) is 0 Å². The zero-order valence-electron chi connectivity index (χ0n) is 9.84. The van der Waals surface area contributed by atoms with E-state index < -0.39 is 12.2 Å². The highest BCUT2D eigenvalue weighted by Gasteiger charge is 2.30. The van der Waals surface area contributed by atoms with Crippen LogP contribution in [0, 0.1) is 0 Å². The van der Waals surface area contributed by atoms with Crippen molar-refractivity contribution >= 4 is 11.7 Å². The number of amides is 1. The van der Waals surface area contributed by atoms with Crippen LogP contribution in [0.5, 0.6) is 0 Å². The molecule has 0 aliphatic carbocycles. The summed E-state index contributed by atoms with van der Waals surface area (Å²) in [5, 5.41) is 7.28. The van der Waals surface area contributed by atoms with Gasteiger partial charge >= 0.3 is 0 Å². The van der Waals surface area contributed by atoms with E-state index in [1.54, 1.807) is 18.9 Å². The molecule has 0 aromatic carbocycles. The Labute approximate surface area is 98.9 Å². The van der Waals surface area contributed by atoms with Crippen LogP contribution in [-0.2, 0) is 9.47 Å². The number of carbonyl (C=O) groups is 1. The lowest BCUT2D eigenvalue weighted by molar-refractivity contribution is -0.135. The van der Waals surface area contributed by atoms with Crippen LogP contribution in [0.1, 0.15) is 22.8 Å². The van der Waals surface area contributed by atoms with Crippen LogP contribution in [0.3, 0.4) is 0 Å². The predicted octanol–water partition coefficient (Wildman–Crippen LogP) is -0.0424. The van der Waals surface area contributed by atoms with Gasteiger partial charge in [-0.05, 0) is 6.42 Å². The van der Waals surface area contributed by atoms with Gasteiger partial charge in [-0.25, -0.2) is 4.68 Å². The van der Waals surface area contributed by atoms with Crippen LogP contribution in [0.2, 0.25) is 0 Å². The minimum Gasteiger partial charge on any atom is -0.370 e. The number of nitrogens with zero attached hydrogens (tertiary/aromatic N) is 2. The summed E-state index contributed by atoms with van der Waals surface area (Å²) in [5.74, 6) is 0.138. The maximum Gasteiger partial charge on any atom is 0.254 e. The molecule has 1 amide bonds. The first kappa shape index (κ1) is 11.9. The number of hydrogen-bond acceptors (Lipinski definition) is 5. The first-order valence-corrected chi connectivity index (χ1v) is 5.35. The quantitative estimate of drug-likeness (QED) is 0.720. The van der Waals surface area contributed by atoms with Crippen LogP contribution in [0.15, 0.2) is 6.20 Å². The first-order chi connectivity index (χ1) is 8.19. The van der Waals surface area contributed by atoms with Crippen molar-refractivity contribution in [2.75, 3.05) is 26.1 Å². The summed E-state index contributed by atoms with van der Waals surface area (Å²) in [6, 6.07) is -0.0608. The summed E-state index contributed by atoms with van der Waals surface area (Å²) in [6.07, 6.45) is 1.88. The third-order valence-electron chi connectivity index (χ3n) is 2.89. The Bertz CT molecular complexity index is 414. The third kappa shape index (κ3) is 1.98. The lowest BCUT2D eigenvalue weighted by atomic mass is 10.1. The molecule has 2 rings (SSSR count). The van der Waals surface area contributed by atoms with Crippen LogP contribution >= 0.6 is 0 Å². The smallest absolute Gasteiger partial charge is 0.254 e. The second-order valence-corrected chi connectivity index (χ2v) is 3.84. The Morgan fingerprint density at radius 1 is 1.65 bits per heavy atom. The summed E-state index contributed by atoms with van der Waals surface area (Å²) >= 11 is 0. The first-order valence-electron chi connectivity index (χ1n) is 5.35. The molecule has 2 heterocycles. The molecule has 0 saturated heterocycles. The molecule has 7 nitrogen and oxygen atoms in total. The fraction of sp³-hybridized carbons (Fsp3) is 0.600. The number of nitrogens with two attached hydrogens (primary N) is 1. The third-order valence-corrected chi connectivity index (χ3v) is 2.89. The van der Waals surface area contributed by atoms with Gasteiger partial charge in [0.2, 0.25) is 0 Å². The van der Waals surface area contributed by atoms with Crippen molar-refractivity contribution in [2.24, 2.45) is 5.73 Å². The number of methoxy groups -OCH3 is 2. The Morgan fingerprint density at radius 3 is 2.94 bits per heavy atom. The summed E-state index contributed by atoms with van der Waals surface area (Å²) in [7, 11) is 3.16. The minimum absolute atomic E-state index is 0.0608. The van der Waals surface area contributed by atoms with Crippen molar-refractivity contribution in [1.29, 1.82) is 0 Å². The molecule has 3 N–H and O–H groups in total. The van der Waals surface area contributed by atoms with Gasteiger partial charge in [0.05, 0.1) is 6.20 Å².